The molecule has 0 aliphatic rings. The van der Waals surface area contributed by atoms with E-state index in [1.807, 2.05) is 18.2 Å². The number of anilines is 1. The number of nitro groups is 1. The van der Waals surface area contributed by atoms with E-state index in [-0.39, 0.29) is 10.6 Å². The first-order valence-corrected chi connectivity index (χ1v) is 8.31. The van der Waals surface area contributed by atoms with Crippen LogP contribution in [0, 0.1) is 24.0 Å². The largest absolute Gasteiger partial charge is 0.383 e. The molecule has 3 rings (SSSR count). The molecule has 3 aromatic rings. The molecule has 5 nitrogen and oxygen atoms in total. The van der Waals surface area contributed by atoms with Crippen LogP contribution in [-0.2, 0) is 0 Å². The lowest BCUT2D eigenvalue weighted by molar-refractivity contribution is -0.383. The van der Waals surface area contributed by atoms with Crippen molar-refractivity contribution in [2.45, 2.75) is 13.8 Å². The summed E-state index contributed by atoms with van der Waals surface area (Å²) >= 11 is 1.61. The number of hydrogen-bond donors (Lipinski definition) is 1. The number of nitrogens with one attached hydrogen (secondary N) is 1. The number of aryl methyl sites for hydroxylation is 2. The Morgan fingerprint density at radius 3 is 2.62 bits per heavy atom. The van der Waals surface area contributed by atoms with Crippen LogP contribution < -0.4 is 5.32 Å². The fraction of sp³-hybridized carbons (Fsp3) is 0.167. The molecule has 1 aromatic heterocycles. The van der Waals surface area contributed by atoms with Crippen molar-refractivity contribution in [2.75, 3.05) is 12.4 Å². The fourth-order valence-corrected chi connectivity index (χ4v) is 3.40. The molecule has 6 heteroatoms. The molecule has 1 N–H and O–H groups in total. The van der Waals surface area contributed by atoms with E-state index in [4.69, 9.17) is 0 Å². The topological polar surface area (TPSA) is 68.1 Å². The number of rotatable bonds is 4. The number of hydrogen-bond acceptors (Lipinski definition) is 5. The second-order valence-corrected chi connectivity index (χ2v) is 6.64. The van der Waals surface area contributed by atoms with E-state index < -0.39 is 0 Å². The lowest BCUT2D eigenvalue weighted by Crippen LogP contribution is -1.96. The predicted molar refractivity (Wildman–Crippen MR) is 101 cm³/mol. The van der Waals surface area contributed by atoms with Gasteiger partial charge >= 0.3 is 0 Å². The molecule has 122 valence electrons. The van der Waals surface area contributed by atoms with Crippen LogP contribution >= 0.6 is 11.3 Å². The molecular formula is C18H17N3O2S. The highest BCUT2D eigenvalue weighted by Gasteiger charge is 2.12. The summed E-state index contributed by atoms with van der Waals surface area (Å²) in [5.74, 6) is 0. The average molecular weight is 339 g/mol. The molecular weight excluding hydrogens is 322 g/mol. The molecule has 0 spiro atoms. The molecule has 0 bridgehead atoms. The van der Waals surface area contributed by atoms with Gasteiger partial charge in [-0.25, -0.2) is 4.98 Å². The lowest BCUT2D eigenvalue weighted by Gasteiger charge is -2.02. The van der Waals surface area contributed by atoms with E-state index >= 15 is 0 Å². The molecule has 0 saturated carbocycles. The molecule has 0 atom stereocenters. The van der Waals surface area contributed by atoms with Crippen molar-refractivity contribution >= 4 is 45.1 Å². The van der Waals surface area contributed by atoms with Crippen molar-refractivity contribution < 1.29 is 4.92 Å². The van der Waals surface area contributed by atoms with Gasteiger partial charge in [-0.05, 0) is 54.8 Å². The highest BCUT2D eigenvalue weighted by atomic mass is 32.1. The van der Waals surface area contributed by atoms with Gasteiger partial charge in [-0.2, -0.15) is 0 Å². The summed E-state index contributed by atoms with van der Waals surface area (Å²) in [6, 6.07) is 9.35. The summed E-state index contributed by atoms with van der Waals surface area (Å²) in [5, 5.41) is 14.8. The quantitative estimate of drug-likeness (QED) is 0.534. The third kappa shape index (κ3) is 3.14. The Hall–Kier alpha value is -2.73. The minimum absolute atomic E-state index is 0.0650. The van der Waals surface area contributed by atoms with E-state index in [0.29, 0.717) is 5.69 Å². The molecule has 0 aliphatic carbocycles. The number of nitro benzene ring substituents is 1. The standard InChI is InChI=1S/C18H17N3O2S/c1-11-8-15-17(9-12(11)2)24-18(20-15)7-5-13-4-6-14(19-3)16(10-13)21(22)23/h4-10,19H,1-3H3. The zero-order valence-corrected chi connectivity index (χ0v) is 14.5. The third-order valence-corrected chi connectivity index (χ3v) is 4.91. The SMILES string of the molecule is CNc1ccc(C=Cc2nc3cc(C)c(C)cc3s2)cc1[N+](=O)[O-]. The van der Waals surface area contributed by atoms with Crippen LogP contribution in [0.3, 0.4) is 0 Å². The first kappa shape index (κ1) is 16.1. The molecule has 0 saturated heterocycles. The molecule has 0 amide bonds. The summed E-state index contributed by atoms with van der Waals surface area (Å²) in [6.45, 7) is 4.17. The first-order chi connectivity index (χ1) is 11.5. The molecule has 0 radical (unpaired) electrons. The second-order valence-electron chi connectivity index (χ2n) is 5.57. The number of thiazole rings is 1. The van der Waals surface area contributed by atoms with Crippen LogP contribution in [0.25, 0.3) is 22.4 Å². The number of nitrogens with zero attached hydrogens (tertiary/aromatic N) is 2. The van der Waals surface area contributed by atoms with E-state index in [1.165, 1.54) is 11.1 Å². The van der Waals surface area contributed by atoms with Crippen LogP contribution in [0.4, 0.5) is 11.4 Å². The number of fused-ring (bicyclic) bond motifs is 1. The van der Waals surface area contributed by atoms with Crippen molar-refractivity contribution in [1.82, 2.24) is 4.98 Å². The minimum atomic E-state index is -0.383. The Balaban J connectivity index is 1.93. The predicted octanol–water partition coefficient (Wildman–Crippen LogP) is 5.03. The van der Waals surface area contributed by atoms with Crippen molar-refractivity contribution in [2.24, 2.45) is 0 Å². The Morgan fingerprint density at radius 1 is 1.17 bits per heavy atom. The van der Waals surface area contributed by atoms with Crippen molar-refractivity contribution in [1.29, 1.82) is 0 Å². The van der Waals surface area contributed by atoms with Crippen LogP contribution in [0.1, 0.15) is 21.7 Å². The van der Waals surface area contributed by atoms with Gasteiger partial charge in [0.15, 0.2) is 0 Å². The number of benzene rings is 2. The Labute approximate surface area is 143 Å². The molecule has 0 aliphatic heterocycles. The fourth-order valence-electron chi connectivity index (χ4n) is 2.45. The van der Waals surface area contributed by atoms with Gasteiger partial charge in [-0.1, -0.05) is 12.1 Å². The number of aromatic nitrogens is 1. The van der Waals surface area contributed by atoms with Gasteiger partial charge in [0.2, 0.25) is 0 Å². The lowest BCUT2D eigenvalue weighted by atomic mass is 10.1. The maximum absolute atomic E-state index is 11.1. The third-order valence-electron chi connectivity index (χ3n) is 3.93. The van der Waals surface area contributed by atoms with Crippen molar-refractivity contribution in [3.8, 4) is 0 Å². The summed E-state index contributed by atoms with van der Waals surface area (Å²) in [7, 11) is 1.67. The Bertz CT molecular complexity index is 921. The zero-order valence-electron chi connectivity index (χ0n) is 13.7. The minimum Gasteiger partial charge on any atom is -0.383 e. The van der Waals surface area contributed by atoms with Crippen LogP contribution in [0.5, 0.6) is 0 Å². The second kappa shape index (κ2) is 6.41. The van der Waals surface area contributed by atoms with Gasteiger partial charge in [0.05, 0.1) is 15.1 Å². The smallest absolute Gasteiger partial charge is 0.292 e. The van der Waals surface area contributed by atoms with Crippen LogP contribution in [0.2, 0.25) is 0 Å². The van der Waals surface area contributed by atoms with E-state index in [0.717, 1.165) is 20.8 Å². The highest BCUT2D eigenvalue weighted by molar-refractivity contribution is 7.19. The maximum Gasteiger partial charge on any atom is 0.292 e. The molecule has 2 aromatic carbocycles. The van der Waals surface area contributed by atoms with Gasteiger partial charge < -0.3 is 5.32 Å². The summed E-state index contributed by atoms with van der Waals surface area (Å²) < 4.78 is 1.15. The highest BCUT2D eigenvalue weighted by Crippen LogP contribution is 2.28. The normalized spacial score (nSPS) is 11.3. The zero-order chi connectivity index (χ0) is 17.3. The van der Waals surface area contributed by atoms with E-state index in [9.17, 15) is 10.1 Å². The molecule has 1 heterocycles. The van der Waals surface area contributed by atoms with Gasteiger partial charge in [0, 0.05) is 13.1 Å². The van der Waals surface area contributed by atoms with Crippen LogP contribution in [0.15, 0.2) is 30.3 Å². The molecule has 0 unspecified atom stereocenters. The van der Waals surface area contributed by atoms with Crippen LogP contribution in [-0.4, -0.2) is 17.0 Å². The van der Waals surface area contributed by atoms with Crippen molar-refractivity contribution in [3.05, 3.63) is 62.1 Å². The Morgan fingerprint density at radius 2 is 1.92 bits per heavy atom. The monoisotopic (exact) mass is 339 g/mol. The van der Waals surface area contributed by atoms with E-state index in [2.05, 4.69) is 36.3 Å². The molecule has 0 fully saturated rings. The van der Waals surface area contributed by atoms with Gasteiger partial charge in [-0.15, -0.1) is 11.3 Å². The van der Waals surface area contributed by atoms with Gasteiger partial charge in [0.1, 0.15) is 10.7 Å². The molecule has 24 heavy (non-hydrogen) atoms. The Kier molecular flexibility index (Phi) is 4.31. The average Bonchev–Trinajstić information content (AvgIpc) is 2.94. The van der Waals surface area contributed by atoms with Gasteiger partial charge in [0.25, 0.3) is 5.69 Å². The maximum atomic E-state index is 11.1. The van der Waals surface area contributed by atoms with Gasteiger partial charge in [-0.3, -0.25) is 10.1 Å². The van der Waals surface area contributed by atoms with Crippen molar-refractivity contribution in [3.63, 3.8) is 0 Å². The first-order valence-electron chi connectivity index (χ1n) is 7.50. The summed E-state index contributed by atoms with van der Waals surface area (Å²) in [5.41, 5.74) is 4.80. The van der Waals surface area contributed by atoms with E-state index in [1.54, 1.807) is 30.5 Å². The summed E-state index contributed by atoms with van der Waals surface area (Å²) in [6.07, 6.45) is 3.75. The summed E-state index contributed by atoms with van der Waals surface area (Å²) in [4.78, 5) is 15.3.